The second-order valence-electron chi connectivity index (χ2n) is 5.44. The lowest BCUT2D eigenvalue weighted by Gasteiger charge is -2.38. The molecule has 1 saturated heterocycles. The Labute approximate surface area is 125 Å². The monoisotopic (exact) mass is 286 g/mol. The number of hydrogen-bond donors (Lipinski definition) is 0. The van der Waals surface area contributed by atoms with Gasteiger partial charge in [-0.25, -0.2) is 0 Å². The highest BCUT2D eigenvalue weighted by Crippen LogP contribution is 2.22. The molecule has 5 heteroatoms. The van der Waals surface area contributed by atoms with Crippen molar-refractivity contribution in [1.29, 1.82) is 0 Å². The van der Waals surface area contributed by atoms with E-state index < -0.39 is 0 Å². The Morgan fingerprint density at radius 3 is 2.48 bits per heavy atom. The Balaban J connectivity index is 1.60. The quantitative estimate of drug-likeness (QED) is 0.864. The molecule has 2 heterocycles. The topological polar surface area (TPSA) is 45.4 Å². The van der Waals surface area contributed by atoms with Crippen molar-refractivity contribution < 1.29 is 4.52 Å². The van der Waals surface area contributed by atoms with Crippen molar-refractivity contribution in [3.63, 3.8) is 0 Å². The van der Waals surface area contributed by atoms with Crippen LogP contribution < -0.4 is 4.90 Å². The molecule has 1 aliphatic rings. The van der Waals surface area contributed by atoms with Crippen LogP contribution in [0.4, 0.5) is 5.69 Å². The van der Waals surface area contributed by atoms with E-state index in [0.717, 1.165) is 44.3 Å². The molecule has 0 N–H and O–H groups in total. The molecule has 1 atom stereocenters. The maximum atomic E-state index is 5.37. The summed E-state index contributed by atoms with van der Waals surface area (Å²) in [7, 11) is 0. The molecular weight excluding hydrogens is 264 g/mol. The Bertz CT molecular complexity index is 561. The predicted molar refractivity (Wildman–Crippen MR) is 82.3 cm³/mol. The molecule has 0 unspecified atom stereocenters. The number of benzene rings is 1. The summed E-state index contributed by atoms with van der Waals surface area (Å²) in [6.45, 7) is 8.27. The highest BCUT2D eigenvalue weighted by Gasteiger charge is 2.25. The Morgan fingerprint density at radius 2 is 1.86 bits per heavy atom. The zero-order valence-corrected chi connectivity index (χ0v) is 12.7. The van der Waals surface area contributed by atoms with Gasteiger partial charge in [-0.05, 0) is 19.1 Å². The first-order chi connectivity index (χ1) is 10.3. The lowest BCUT2D eigenvalue weighted by Crippen LogP contribution is -2.47. The van der Waals surface area contributed by atoms with Crippen molar-refractivity contribution >= 4 is 5.69 Å². The molecule has 0 spiro atoms. The van der Waals surface area contributed by atoms with Crippen LogP contribution >= 0.6 is 0 Å². The fraction of sp³-hybridized carbons (Fsp3) is 0.500. The Morgan fingerprint density at radius 1 is 1.14 bits per heavy atom. The van der Waals surface area contributed by atoms with E-state index in [0.29, 0.717) is 0 Å². The number of para-hydroxylation sites is 1. The van der Waals surface area contributed by atoms with Gasteiger partial charge in [0.1, 0.15) is 0 Å². The van der Waals surface area contributed by atoms with Gasteiger partial charge in [0.25, 0.3) is 0 Å². The fourth-order valence-electron chi connectivity index (χ4n) is 2.74. The molecular formula is C16H22N4O. The summed E-state index contributed by atoms with van der Waals surface area (Å²) in [5, 5.41) is 3.99. The SMILES string of the molecule is CCc1noc([C@@H](C)N2CCN(c3ccccc3)CC2)n1. The number of nitrogens with zero attached hydrogens (tertiary/aromatic N) is 4. The lowest BCUT2D eigenvalue weighted by molar-refractivity contribution is 0.164. The standard InChI is InChI=1S/C16H22N4O/c1-3-15-17-16(21-18-15)13(2)19-9-11-20(12-10-19)14-7-5-4-6-8-14/h4-8,13H,3,9-12H2,1-2H3/t13-/m1/s1. The van der Waals surface area contributed by atoms with Gasteiger partial charge in [-0.1, -0.05) is 30.3 Å². The molecule has 0 radical (unpaired) electrons. The first-order valence-corrected chi connectivity index (χ1v) is 7.64. The minimum absolute atomic E-state index is 0.190. The highest BCUT2D eigenvalue weighted by molar-refractivity contribution is 5.46. The molecule has 1 aliphatic heterocycles. The van der Waals surface area contributed by atoms with Crippen LogP contribution in [-0.2, 0) is 6.42 Å². The summed E-state index contributed by atoms with van der Waals surface area (Å²) >= 11 is 0. The van der Waals surface area contributed by atoms with Crippen LogP contribution in [0, 0.1) is 0 Å². The summed E-state index contributed by atoms with van der Waals surface area (Å²) in [4.78, 5) is 9.28. The molecule has 1 aromatic carbocycles. The lowest BCUT2D eigenvalue weighted by atomic mass is 10.2. The number of aromatic nitrogens is 2. The number of hydrogen-bond acceptors (Lipinski definition) is 5. The van der Waals surface area contributed by atoms with Crippen molar-refractivity contribution in [2.24, 2.45) is 0 Å². The Hall–Kier alpha value is -1.88. The first kappa shape index (κ1) is 14.1. The molecule has 1 aromatic heterocycles. The molecule has 112 valence electrons. The van der Waals surface area contributed by atoms with Gasteiger partial charge in [0.05, 0.1) is 6.04 Å². The van der Waals surface area contributed by atoms with Gasteiger partial charge in [0.2, 0.25) is 5.89 Å². The second kappa shape index (κ2) is 6.26. The molecule has 21 heavy (non-hydrogen) atoms. The third kappa shape index (κ3) is 3.08. The molecule has 1 fully saturated rings. The smallest absolute Gasteiger partial charge is 0.243 e. The molecule has 0 amide bonds. The average Bonchev–Trinajstić information content (AvgIpc) is 3.04. The van der Waals surface area contributed by atoms with Gasteiger partial charge in [0.15, 0.2) is 5.82 Å². The summed E-state index contributed by atoms with van der Waals surface area (Å²) in [6, 6.07) is 10.8. The van der Waals surface area contributed by atoms with E-state index in [-0.39, 0.29) is 6.04 Å². The predicted octanol–water partition coefficient (Wildman–Crippen LogP) is 2.52. The van der Waals surface area contributed by atoms with Gasteiger partial charge in [0, 0.05) is 38.3 Å². The molecule has 5 nitrogen and oxygen atoms in total. The third-order valence-corrected chi connectivity index (χ3v) is 4.14. The second-order valence-corrected chi connectivity index (χ2v) is 5.44. The molecule has 0 bridgehead atoms. The van der Waals surface area contributed by atoms with Crippen LogP contribution in [-0.4, -0.2) is 41.2 Å². The van der Waals surface area contributed by atoms with Crippen LogP contribution in [0.5, 0.6) is 0 Å². The van der Waals surface area contributed by atoms with Crippen molar-refractivity contribution in [3.8, 4) is 0 Å². The first-order valence-electron chi connectivity index (χ1n) is 7.64. The van der Waals surface area contributed by atoms with E-state index in [2.05, 4.69) is 57.2 Å². The van der Waals surface area contributed by atoms with Crippen LogP contribution in [0.2, 0.25) is 0 Å². The van der Waals surface area contributed by atoms with E-state index in [4.69, 9.17) is 4.52 Å². The minimum atomic E-state index is 0.190. The third-order valence-electron chi connectivity index (χ3n) is 4.14. The number of rotatable bonds is 4. The summed E-state index contributed by atoms with van der Waals surface area (Å²) in [5.74, 6) is 1.53. The van der Waals surface area contributed by atoms with Crippen LogP contribution in [0.15, 0.2) is 34.9 Å². The van der Waals surface area contributed by atoms with Gasteiger partial charge >= 0.3 is 0 Å². The van der Waals surface area contributed by atoms with Crippen molar-refractivity contribution in [2.75, 3.05) is 31.1 Å². The number of anilines is 1. The zero-order chi connectivity index (χ0) is 14.7. The maximum Gasteiger partial charge on any atom is 0.243 e. The number of aryl methyl sites for hydroxylation is 1. The molecule has 0 aliphatic carbocycles. The number of piperazine rings is 1. The molecule has 3 rings (SSSR count). The summed E-state index contributed by atoms with van der Waals surface area (Å²) < 4.78 is 5.37. The normalized spacial score (nSPS) is 17.9. The summed E-state index contributed by atoms with van der Waals surface area (Å²) in [5.41, 5.74) is 1.30. The van der Waals surface area contributed by atoms with Gasteiger partial charge < -0.3 is 9.42 Å². The minimum Gasteiger partial charge on any atom is -0.369 e. The molecule has 0 saturated carbocycles. The van der Waals surface area contributed by atoms with Crippen LogP contribution in [0.1, 0.15) is 31.6 Å². The summed E-state index contributed by atoms with van der Waals surface area (Å²) in [6.07, 6.45) is 0.817. The largest absolute Gasteiger partial charge is 0.369 e. The Kier molecular flexibility index (Phi) is 4.20. The van der Waals surface area contributed by atoms with Gasteiger partial charge in [-0.2, -0.15) is 4.98 Å². The van der Waals surface area contributed by atoms with Crippen LogP contribution in [0.25, 0.3) is 0 Å². The van der Waals surface area contributed by atoms with Gasteiger partial charge in [-0.15, -0.1) is 0 Å². The van der Waals surface area contributed by atoms with E-state index in [9.17, 15) is 0 Å². The van der Waals surface area contributed by atoms with Crippen molar-refractivity contribution in [1.82, 2.24) is 15.0 Å². The maximum absolute atomic E-state index is 5.37. The van der Waals surface area contributed by atoms with E-state index in [1.54, 1.807) is 0 Å². The van der Waals surface area contributed by atoms with Gasteiger partial charge in [-0.3, -0.25) is 4.90 Å². The van der Waals surface area contributed by atoms with E-state index in [1.807, 2.05) is 6.92 Å². The average molecular weight is 286 g/mol. The van der Waals surface area contributed by atoms with Crippen LogP contribution in [0.3, 0.4) is 0 Å². The zero-order valence-electron chi connectivity index (χ0n) is 12.7. The van der Waals surface area contributed by atoms with E-state index >= 15 is 0 Å². The van der Waals surface area contributed by atoms with Crippen molar-refractivity contribution in [2.45, 2.75) is 26.3 Å². The highest BCUT2D eigenvalue weighted by atomic mass is 16.5. The molecule has 2 aromatic rings. The fourth-order valence-corrected chi connectivity index (χ4v) is 2.74. The van der Waals surface area contributed by atoms with Crippen molar-refractivity contribution in [3.05, 3.63) is 42.0 Å². The van der Waals surface area contributed by atoms with E-state index in [1.165, 1.54) is 5.69 Å².